The van der Waals surface area contributed by atoms with Crippen LogP contribution < -0.4 is 0 Å². The van der Waals surface area contributed by atoms with E-state index in [1.165, 1.54) is 19.3 Å². The zero-order chi connectivity index (χ0) is 22.8. The number of hydrogen-bond acceptors (Lipinski definition) is 3. The van der Waals surface area contributed by atoms with E-state index in [0.717, 1.165) is 30.6 Å². The van der Waals surface area contributed by atoms with Crippen molar-refractivity contribution >= 4 is 11.8 Å². The molecule has 5 heteroatoms. The van der Waals surface area contributed by atoms with Crippen molar-refractivity contribution in [3.8, 4) is 0 Å². The molecule has 5 nitrogen and oxygen atoms in total. The number of furan rings is 1. The molecule has 0 saturated heterocycles. The molecule has 1 heterocycles. The SMILES string of the molecule is C=CCN(CC(=O)N(Cc1ccccc1)Cc1ccco1)C(=O)C12CC3CC(CC(C3)C1)C2. The van der Waals surface area contributed by atoms with Gasteiger partial charge < -0.3 is 14.2 Å². The largest absolute Gasteiger partial charge is 0.467 e. The van der Waals surface area contributed by atoms with Gasteiger partial charge in [0.15, 0.2) is 0 Å². The van der Waals surface area contributed by atoms with E-state index in [0.29, 0.717) is 37.4 Å². The number of benzene rings is 1. The summed E-state index contributed by atoms with van der Waals surface area (Å²) in [6.45, 7) is 5.23. The smallest absolute Gasteiger partial charge is 0.242 e. The Morgan fingerprint density at radius 1 is 0.939 bits per heavy atom. The van der Waals surface area contributed by atoms with Crippen molar-refractivity contribution in [2.45, 2.75) is 51.6 Å². The molecule has 0 N–H and O–H groups in total. The molecule has 2 aromatic rings. The lowest BCUT2D eigenvalue weighted by Gasteiger charge is -2.56. The zero-order valence-corrected chi connectivity index (χ0v) is 19.3. The van der Waals surface area contributed by atoms with Crippen molar-refractivity contribution in [3.63, 3.8) is 0 Å². The second-order valence-corrected chi connectivity index (χ2v) is 10.5. The van der Waals surface area contributed by atoms with Gasteiger partial charge in [0, 0.05) is 13.1 Å². The van der Waals surface area contributed by atoms with Gasteiger partial charge in [-0.1, -0.05) is 36.4 Å². The van der Waals surface area contributed by atoms with Crippen LogP contribution in [0, 0.1) is 23.2 Å². The molecule has 4 aliphatic carbocycles. The van der Waals surface area contributed by atoms with Crippen molar-refractivity contribution in [3.05, 3.63) is 72.7 Å². The highest BCUT2D eigenvalue weighted by atomic mass is 16.3. The highest BCUT2D eigenvalue weighted by Gasteiger charge is 2.55. The summed E-state index contributed by atoms with van der Waals surface area (Å²) in [5, 5.41) is 0. The summed E-state index contributed by atoms with van der Waals surface area (Å²) in [5.41, 5.74) is 0.795. The summed E-state index contributed by atoms with van der Waals surface area (Å²) in [6.07, 6.45) is 10.3. The Bertz CT molecular complexity index is 947. The van der Waals surface area contributed by atoms with Gasteiger partial charge in [-0.2, -0.15) is 0 Å². The maximum atomic E-state index is 13.9. The third-order valence-corrected chi connectivity index (χ3v) is 7.95. The van der Waals surface area contributed by atoms with Crippen LogP contribution in [-0.2, 0) is 22.7 Å². The van der Waals surface area contributed by atoms with Gasteiger partial charge in [0.1, 0.15) is 12.3 Å². The van der Waals surface area contributed by atoms with Gasteiger partial charge >= 0.3 is 0 Å². The molecule has 4 fully saturated rings. The van der Waals surface area contributed by atoms with E-state index in [4.69, 9.17) is 4.42 Å². The molecule has 4 aliphatic rings. The van der Waals surface area contributed by atoms with Gasteiger partial charge in [0.2, 0.25) is 11.8 Å². The van der Waals surface area contributed by atoms with Crippen LogP contribution in [-0.4, -0.2) is 34.7 Å². The summed E-state index contributed by atoms with van der Waals surface area (Å²) in [7, 11) is 0. The minimum Gasteiger partial charge on any atom is -0.467 e. The molecule has 4 bridgehead atoms. The normalized spacial score (nSPS) is 27.3. The van der Waals surface area contributed by atoms with Crippen LogP contribution in [0.3, 0.4) is 0 Å². The molecule has 33 heavy (non-hydrogen) atoms. The first-order chi connectivity index (χ1) is 16.0. The monoisotopic (exact) mass is 446 g/mol. The number of rotatable bonds is 9. The fourth-order valence-electron chi connectivity index (χ4n) is 6.97. The third kappa shape index (κ3) is 4.64. The van der Waals surface area contributed by atoms with Crippen LogP contribution >= 0.6 is 0 Å². The number of carbonyl (C=O) groups is 2. The Hall–Kier alpha value is -2.82. The Labute approximate surface area is 196 Å². The lowest BCUT2D eigenvalue weighted by atomic mass is 9.49. The first kappa shape index (κ1) is 22.0. The standard InChI is InChI=1S/C28H34N2O3/c1-2-10-29(27(32)28-15-22-12-23(16-28)14-24(13-22)17-28)20-26(31)30(19-25-9-6-11-33-25)18-21-7-4-3-5-8-21/h2-9,11,22-24H,1,10,12-20H2. The summed E-state index contributed by atoms with van der Waals surface area (Å²) >= 11 is 0. The van der Waals surface area contributed by atoms with Crippen LogP contribution in [0.4, 0.5) is 0 Å². The minimum absolute atomic E-state index is 0.0600. The molecular weight excluding hydrogens is 412 g/mol. The predicted octanol–water partition coefficient (Wildman–Crippen LogP) is 5.04. The van der Waals surface area contributed by atoms with Crippen molar-refractivity contribution in [2.24, 2.45) is 23.2 Å². The molecule has 6 rings (SSSR count). The number of carbonyl (C=O) groups excluding carboxylic acids is 2. The summed E-state index contributed by atoms with van der Waals surface area (Å²) in [4.78, 5) is 31.0. The maximum Gasteiger partial charge on any atom is 0.242 e. The molecular formula is C28H34N2O3. The average molecular weight is 447 g/mol. The average Bonchev–Trinajstić information content (AvgIpc) is 3.31. The Balaban J connectivity index is 1.33. The molecule has 0 radical (unpaired) electrons. The number of amides is 2. The van der Waals surface area contributed by atoms with E-state index in [1.54, 1.807) is 22.1 Å². The second-order valence-electron chi connectivity index (χ2n) is 10.5. The molecule has 174 valence electrons. The van der Waals surface area contributed by atoms with E-state index >= 15 is 0 Å². The fraction of sp³-hybridized carbons (Fsp3) is 0.500. The highest BCUT2D eigenvalue weighted by molar-refractivity contribution is 5.88. The molecule has 0 atom stereocenters. The second kappa shape index (κ2) is 9.20. The lowest BCUT2D eigenvalue weighted by molar-refractivity contribution is -0.159. The summed E-state index contributed by atoms with van der Waals surface area (Å²) < 4.78 is 5.53. The van der Waals surface area contributed by atoms with Crippen LogP contribution in [0.2, 0.25) is 0 Å². The summed E-state index contributed by atoms with van der Waals surface area (Å²) in [6, 6.07) is 13.7. The van der Waals surface area contributed by atoms with Crippen molar-refractivity contribution in [1.82, 2.24) is 9.80 Å². The number of nitrogens with zero attached hydrogens (tertiary/aromatic N) is 2. The van der Waals surface area contributed by atoms with E-state index in [1.807, 2.05) is 42.5 Å². The van der Waals surface area contributed by atoms with Crippen molar-refractivity contribution < 1.29 is 14.0 Å². The lowest BCUT2D eigenvalue weighted by Crippen LogP contribution is -2.56. The first-order valence-corrected chi connectivity index (χ1v) is 12.3. The summed E-state index contributed by atoms with van der Waals surface area (Å²) in [5.74, 6) is 2.92. The quantitative estimate of drug-likeness (QED) is 0.507. The van der Waals surface area contributed by atoms with E-state index in [9.17, 15) is 9.59 Å². The Kier molecular flexibility index (Phi) is 6.13. The molecule has 0 unspecified atom stereocenters. The predicted molar refractivity (Wildman–Crippen MR) is 127 cm³/mol. The van der Waals surface area contributed by atoms with Gasteiger partial charge in [-0.25, -0.2) is 0 Å². The molecule has 2 amide bonds. The molecule has 4 saturated carbocycles. The van der Waals surface area contributed by atoms with Crippen LogP contribution in [0.15, 0.2) is 65.8 Å². The Morgan fingerprint density at radius 3 is 2.18 bits per heavy atom. The van der Waals surface area contributed by atoms with Gasteiger partial charge in [-0.3, -0.25) is 9.59 Å². The number of hydrogen-bond donors (Lipinski definition) is 0. The fourth-order valence-corrected chi connectivity index (χ4v) is 6.97. The first-order valence-electron chi connectivity index (χ1n) is 12.3. The van der Waals surface area contributed by atoms with Gasteiger partial charge in [-0.15, -0.1) is 6.58 Å². The molecule has 0 aliphatic heterocycles. The van der Waals surface area contributed by atoms with Gasteiger partial charge in [0.25, 0.3) is 0 Å². The minimum atomic E-state index is -0.261. The van der Waals surface area contributed by atoms with Gasteiger partial charge in [0.05, 0.1) is 18.2 Å². The van der Waals surface area contributed by atoms with Crippen molar-refractivity contribution in [1.29, 1.82) is 0 Å². The molecule has 1 aromatic heterocycles. The topological polar surface area (TPSA) is 53.8 Å². The van der Waals surface area contributed by atoms with E-state index < -0.39 is 0 Å². The highest BCUT2D eigenvalue weighted by Crippen LogP contribution is 2.60. The molecule has 0 spiro atoms. The molecule has 1 aromatic carbocycles. The Morgan fingerprint density at radius 2 is 1.61 bits per heavy atom. The zero-order valence-electron chi connectivity index (χ0n) is 19.3. The van der Waals surface area contributed by atoms with Crippen LogP contribution in [0.5, 0.6) is 0 Å². The van der Waals surface area contributed by atoms with Crippen LogP contribution in [0.25, 0.3) is 0 Å². The van der Waals surface area contributed by atoms with Crippen molar-refractivity contribution in [2.75, 3.05) is 13.1 Å². The third-order valence-electron chi connectivity index (χ3n) is 7.95. The van der Waals surface area contributed by atoms with Gasteiger partial charge in [-0.05, 0) is 74.0 Å². The van der Waals surface area contributed by atoms with E-state index in [-0.39, 0.29) is 23.8 Å². The maximum absolute atomic E-state index is 13.9. The van der Waals surface area contributed by atoms with Crippen LogP contribution in [0.1, 0.15) is 49.8 Å². The van der Waals surface area contributed by atoms with E-state index in [2.05, 4.69) is 6.58 Å².